The highest BCUT2D eigenvalue weighted by Gasteiger charge is 2.22. The van der Waals surface area contributed by atoms with E-state index in [2.05, 4.69) is 4.98 Å². The molecule has 3 rings (SSSR count). The zero-order valence-electron chi connectivity index (χ0n) is 11.5. The minimum atomic E-state index is -0.800. The molecule has 0 saturated heterocycles. The molecule has 0 radical (unpaired) electrons. The highest BCUT2D eigenvalue weighted by molar-refractivity contribution is 6.04. The van der Waals surface area contributed by atoms with Gasteiger partial charge in [-0.25, -0.2) is 4.98 Å². The van der Waals surface area contributed by atoms with Crippen LogP contribution in [0.15, 0.2) is 55.1 Å². The Morgan fingerprint density at radius 1 is 0.909 bits per heavy atom. The number of carbonyl (C=O) groups is 2. The van der Waals surface area contributed by atoms with Crippen molar-refractivity contribution in [2.75, 3.05) is 0 Å². The molecule has 7 heteroatoms. The van der Waals surface area contributed by atoms with E-state index >= 15 is 0 Å². The second-order valence-corrected chi connectivity index (χ2v) is 4.62. The van der Waals surface area contributed by atoms with Crippen molar-refractivity contribution in [2.24, 2.45) is 11.5 Å². The van der Waals surface area contributed by atoms with E-state index in [1.807, 2.05) is 47.3 Å². The second-order valence-electron chi connectivity index (χ2n) is 4.62. The number of rotatable bonds is 4. The van der Waals surface area contributed by atoms with E-state index in [0.717, 1.165) is 5.69 Å². The summed E-state index contributed by atoms with van der Waals surface area (Å²) in [5.41, 5.74) is 11.9. The highest BCUT2D eigenvalue weighted by Crippen LogP contribution is 2.22. The Hall–Kier alpha value is -3.35. The topological polar surface area (TPSA) is 109 Å². The molecular formula is C15H13N5O2. The molecule has 3 aromatic rings. The van der Waals surface area contributed by atoms with Gasteiger partial charge < -0.3 is 16.0 Å². The van der Waals surface area contributed by atoms with Gasteiger partial charge in [-0.1, -0.05) is 12.1 Å². The van der Waals surface area contributed by atoms with Crippen molar-refractivity contribution in [3.05, 3.63) is 66.5 Å². The molecule has 0 aliphatic heterocycles. The first-order chi connectivity index (χ1) is 10.6. The van der Waals surface area contributed by atoms with Crippen LogP contribution in [0.2, 0.25) is 0 Å². The third-order valence-electron chi connectivity index (χ3n) is 3.26. The molecule has 0 spiro atoms. The maximum atomic E-state index is 11.7. The van der Waals surface area contributed by atoms with E-state index in [-0.39, 0.29) is 11.4 Å². The van der Waals surface area contributed by atoms with Gasteiger partial charge in [-0.2, -0.15) is 0 Å². The van der Waals surface area contributed by atoms with Crippen LogP contribution in [0.5, 0.6) is 0 Å². The number of hydrogen-bond donors (Lipinski definition) is 2. The van der Waals surface area contributed by atoms with Crippen molar-refractivity contribution in [1.82, 2.24) is 14.1 Å². The third kappa shape index (κ3) is 2.14. The minimum absolute atomic E-state index is 0.0351. The normalized spacial score (nSPS) is 10.5. The van der Waals surface area contributed by atoms with Gasteiger partial charge in [-0.05, 0) is 24.3 Å². The fraction of sp³-hybridized carbons (Fsp3) is 0. The predicted molar refractivity (Wildman–Crippen MR) is 79.9 cm³/mol. The van der Waals surface area contributed by atoms with Gasteiger partial charge in [0.05, 0.1) is 11.4 Å². The van der Waals surface area contributed by atoms with Gasteiger partial charge in [0.2, 0.25) is 0 Å². The maximum absolute atomic E-state index is 11.7. The van der Waals surface area contributed by atoms with Gasteiger partial charge in [-0.15, -0.1) is 0 Å². The summed E-state index contributed by atoms with van der Waals surface area (Å²) < 4.78 is 3.35. The number of aromatic nitrogens is 3. The number of hydrogen-bond acceptors (Lipinski definition) is 3. The number of imidazole rings is 1. The van der Waals surface area contributed by atoms with Crippen LogP contribution in [0.25, 0.3) is 11.4 Å². The van der Waals surface area contributed by atoms with Gasteiger partial charge in [0.1, 0.15) is 12.0 Å². The van der Waals surface area contributed by atoms with Crippen molar-refractivity contribution in [2.45, 2.75) is 0 Å². The summed E-state index contributed by atoms with van der Waals surface area (Å²) in [6.45, 7) is 0. The summed E-state index contributed by atoms with van der Waals surface area (Å²) in [5, 5.41) is 0. The molecule has 22 heavy (non-hydrogen) atoms. The lowest BCUT2D eigenvalue weighted by Crippen LogP contribution is -2.23. The summed E-state index contributed by atoms with van der Waals surface area (Å²) in [5.74, 6) is -1.57. The molecule has 2 heterocycles. The lowest BCUT2D eigenvalue weighted by Gasteiger charge is -2.13. The smallest absolute Gasteiger partial charge is 0.269 e. The summed E-state index contributed by atoms with van der Waals surface area (Å²) in [7, 11) is 0. The van der Waals surface area contributed by atoms with E-state index in [4.69, 9.17) is 11.5 Å². The Morgan fingerprint density at radius 2 is 1.55 bits per heavy atom. The maximum Gasteiger partial charge on any atom is 0.269 e. The molecule has 1 aromatic carbocycles. The first-order valence-corrected chi connectivity index (χ1v) is 6.49. The Kier molecular flexibility index (Phi) is 3.23. The van der Waals surface area contributed by atoms with Gasteiger partial charge in [0.15, 0.2) is 5.69 Å². The fourth-order valence-corrected chi connectivity index (χ4v) is 2.33. The number of nitrogens with zero attached hydrogens (tertiary/aromatic N) is 3. The Balaban J connectivity index is 2.26. The van der Waals surface area contributed by atoms with Crippen LogP contribution in [-0.4, -0.2) is 25.9 Å². The summed E-state index contributed by atoms with van der Waals surface area (Å²) in [4.78, 5) is 27.1. The van der Waals surface area contributed by atoms with Crippen LogP contribution in [0, 0.1) is 0 Å². The Labute approximate surface area is 125 Å². The summed E-state index contributed by atoms with van der Waals surface area (Å²) >= 11 is 0. The number of primary amides is 2. The van der Waals surface area contributed by atoms with E-state index in [0.29, 0.717) is 5.69 Å². The molecule has 0 saturated carbocycles. The third-order valence-corrected chi connectivity index (χ3v) is 3.26. The molecule has 2 amide bonds. The number of nitrogens with two attached hydrogens (primary N) is 2. The monoisotopic (exact) mass is 295 g/mol. The van der Waals surface area contributed by atoms with Crippen LogP contribution in [0.1, 0.15) is 21.0 Å². The molecule has 0 bridgehead atoms. The number of amides is 2. The second kappa shape index (κ2) is 5.21. The lowest BCUT2D eigenvalue weighted by molar-refractivity contribution is 0.0960. The van der Waals surface area contributed by atoms with Gasteiger partial charge in [0.25, 0.3) is 11.8 Å². The van der Waals surface area contributed by atoms with Crippen molar-refractivity contribution in [3.63, 3.8) is 0 Å². The molecular weight excluding hydrogens is 282 g/mol. The average molecular weight is 295 g/mol. The molecule has 4 N–H and O–H groups in total. The van der Waals surface area contributed by atoms with Crippen molar-refractivity contribution in [1.29, 1.82) is 0 Å². The Bertz CT molecular complexity index is 849. The average Bonchev–Trinajstić information content (AvgIpc) is 3.16. The fourth-order valence-electron chi connectivity index (χ4n) is 2.33. The van der Waals surface area contributed by atoms with Crippen molar-refractivity contribution in [3.8, 4) is 11.4 Å². The largest absolute Gasteiger partial charge is 0.364 e. The molecule has 0 atom stereocenters. The Morgan fingerprint density at radius 3 is 2.14 bits per heavy atom. The standard InChI is InChI=1S/C15H13N5O2/c16-14(21)12-13(15(17)22)20(9-18-12)11-6-2-1-5-10(11)19-7-3-4-8-19/h1-9H,(H2,16,21)(H2,17,22). The minimum Gasteiger partial charge on any atom is -0.364 e. The first-order valence-electron chi connectivity index (χ1n) is 6.49. The van der Waals surface area contributed by atoms with Crippen molar-refractivity contribution >= 4 is 11.8 Å². The van der Waals surface area contributed by atoms with Gasteiger partial charge in [0, 0.05) is 12.4 Å². The lowest BCUT2D eigenvalue weighted by atomic mass is 10.2. The van der Waals surface area contributed by atoms with Gasteiger partial charge in [-0.3, -0.25) is 14.2 Å². The molecule has 7 nitrogen and oxygen atoms in total. The van der Waals surface area contributed by atoms with Crippen LogP contribution in [0.4, 0.5) is 0 Å². The van der Waals surface area contributed by atoms with E-state index < -0.39 is 11.8 Å². The van der Waals surface area contributed by atoms with E-state index in [1.165, 1.54) is 10.9 Å². The number of para-hydroxylation sites is 2. The zero-order valence-corrected chi connectivity index (χ0v) is 11.5. The highest BCUT2D eigenvalue weighted by atomic mass is 16.2. The zero-order chi connectivity index (χ0) is 15.7. The first kappa shape index (κ1) is 13.6. The van der Waals surface area contributed by atoms with Crippen LogP contribution in [-0.2, 0) is 0 Å². The summed E-state index contributed by atoms with van der Waals surface area (Å²) in [6.07, 6.45) is 5.10. The van der Waals surface area contributed by atoms with E-state index in [9.17, 15) is 9.59 Å². The molecule has 110 valence electrons. The molecule has 2 aromatic heterocycles. The van der Waals surface area contributed by atoms with E-state index in [1.54, 1.807) is 6.07 Å². The SMILES string of the molecule is NC(=O)c1ncn(-c2ccccc2-n2cccc2)c1C(N)=O. The van der Waals surface area contributed by atoms with Gasteiger partial charge >= 0.3 is 0 Å². The number of carbonyl (C=O) groups excluding carboxylic acids is 2. The molecule has 0 fully saturated rings. The number of benzene rings is 1. The molecule has 0 aliphatic carbocycles. The molecule has 0 aliphatic rings. The van der Waals surface area contributed by atoms with Crippen LogP contribution in [0.3, 0.4) is 0 Å². The van der Waals surface area contributed by atoms with Crippen LogP contribution >= 0.6 is 0 Å². The predicted octanol–water partition coefficient (Wildman–Crippen LogP) is 0.861. The quantitative estimate of drug-likeness (QED) is 0.745. The van der Waals surface area contributed by atoms with Crippen molar-refractivity contribution < 1.29 is 9.59 Å². The molecule has 0 unspecified atom stereocenters. The summed E-state index contributed by atoms with van der Waals surface area (Å²) in [6, 6.07) is 11.1. The van der Waals surface area contributed by atoms with Crippen LogP contribution < -0.4 is 11.5 Å².